The Balaban J connectivity index is 1.82. The molecule has 2 N–H and O–H groups in total. The van der Waals surface area contributed by atoms with Gasteiger partial charge in [0.1, 0.15) is 23.6 Å². The Bertz CT molecular complexity index is 1010. The van der Waals surface area contributed by atoms with Gasteiger partial charge in [0.2, 0.25) is 10.0 Å². The number of sulfonamides is 1. The molecule has 0 aliphatic rings. The number of methoxy groups -OCH3 is 1. The van der Waals surface area contributed by atoms with Crippen molar-refractivity contribution in [2.24, 2.45) is 5.14 Å². The molecule has 8 nitrogen and oxygen atoms in total. The minimum atomic E-state index is -3.95. The van der Waals surface area contributed by atoms with Crippen LogP contribution in [-0.4, -0.2) is 30.9 Å². The average Bonchev–Trinajstić information content (AvgIpc) is 3.01. The molecule has 2 heterocycles. The van der Waals surface area contributed by atoms with Gasteiger partial charge in [-0.25, -0.2) is 23.3 Å². The summed E-state index contributed by atoms with van der Waals surface area (Å²) in [6.07, 6.45) is 3.56. The fourth-order valence-electron chi connectivity index (χ4n) is 2.30. The van der Waals surface area contributed by atoms with Crippen LogP contribution in [0, 0.1) is 0 Å². The van der Waals surface area contributed by atoms with Gasteiger partial charge in [0.15, 0.2) is 0 Å². The number of hydrogen-bond donors (Lipinski definition) is 1. The molecule has 9 heteroatoms. The zero-order valence-corrected chi connectivity index (χ0v) is 14.1. The number of esters is 1. The first kappa shape index (κ1) is 16.9. The van der Waals surface area contributed by atoms with Crippen LogP contribution in [0.3, 0.4) is 0 Å². The molecular formula is C16H15N3O5S. The molecule has 0 amide bonds. The number of nitrogens with two attached hydrogens (primary N) is 1. The van der Waals surface area contributed by atoms with Crippen LogP contribution in [0.25, 0.3) is 5.65 Å². The molecular weight excluding hydrogens is 346 g/mol. The standard InChI is InChI=1S/C16H15N3O5S/c1-23-14-6-5-12(25(17,21)22)8-13(14)16(20)24-10-11-9-19-7-3-2-4-15(19)18-11/h2-9H,10H2,1H3,(H2,17,21,22). The molecule has 0 aliphatic carbocycles. The number of pyridine rings is 1. The van der Waals surface area contributed by atoms with Crippen molar-refractivity contribution < 1.29 is 22.7 Å². The van der Waals surface area contributed by atoms with E-state index in [1.807, 2.05) is 24.4 Å². The SMILES string of the molecule is COc1ccc(S(N)(=O)=O)cc1C(=O)OCc1cn2ccccc2n1. The minimum Gasteiger partial charge on any atom is -0.496 e. The summed E-state index contributed by atoms with van der Waals surface area (Å²) in [4.78, 5) is 16.4. The van der Waals surface area contributed by atoms with Crippen molar-refractivity contribution in [3.8, 4) is 5.75 Å². The van der Waals surface area contributed by atoms with Crippen LogP contribution < -0.4 is 9.88 Å². The zero-order valence-electron chi connectivity index (χ0n) is 13.2. The summed E-state index contributed by atoms with van der Waals surface area (Å²) in [5.74, 6) is -0.549. The first-order valence-electron chi connectivity index (χ1n) is 7.19. The second-order valence-corrected chi connectivity index (χ2v) is 6.74. The molecule has 0 unspecified atom stereocenters. The monoisotopic (exact) mass is 361 g/mol. The number of rotatable bonds is 5. The first-order chi connectivity index (χ1) is 11.9. The van der Waals surface area contributed by atoms with E-state index in [0.717, 1.165) is 11.7 Å². The Morgan fingerprint density at radius 1 is 1.28 bits per heavy atom. The van der Waals surface area contributed by atoms with E-state index in [0.29, 0.717) is 5.69 Å². The lowest BCUT2D eigenvalue weighted by atomic mass is 10.2. The number of nitrogens with zero attached hydrogens (tertiary/aromatic N) is 2. The van der Waals surface area contributed by atoms with Crippen LogP contribution in [0.15, 0.2) is 53.7 Å². The number of benzene rings is 1. The summed E-state index contributed by atoms with van der Waals surface area (Å²) in [5, 5.41) is 5.09. The summed E-state index contributed by atoms with van der Waals surface area (Å²) in [6.45, 7) is -0.0662. The molecule has 2 aromatic heterocycles. The molecule has 130 valence electrons. The van der Waals surface area contributed by atoms with E-state index in [2.05, 4.69) is 4.98 Å². The Morgan fingerprint density at radius 2 is 2.08 bits per heavy atom. The smallest absolute Gasteiger partial charge is 0.342 e. The van der Waals surface area contributed by atoms with Gasteiger partial charge in [0.25, 0.3) is 0 Å². The van der Waals surface area contributed by atoms with Crippen molar-refractivity contribution in [3.05, 3.63) is 60.0 Å². The molecule has 3 rings (SSSR count). The molecule has 0 saturated carbocycles. The number of ether oxygens (including phenoxy) is 2. The van der Waals surface area contributed by atoms with Crippen LogP contribution in [-0.2, 0) is 21.4 Å². The van der Waals surface area contributed by atoms with Crippen LogP contribution in [0.5, 0.6) is 5.75 Å². The van der Waals surface area contributed by atoms with E-state index < -0.39 is 16.0 Å². The van der Waals surface area contributed by atoms with Crippen LogP contribution in [0.2, 0.25) is 0 Å². The number of imidazole rings is 1. The number of primary sulfonamides is 1. The summed E-state index contributed by atoms with van der Waals surface area (Å²) >= 11 is 0. The number of carbonyl (C=O) groups is 1. The van der Waals surface area contributed by atoms with Gasteiger partial charge in [-0.3, -0.25) is 0 Å². The van der Waals surface area contributed by atoms with Crippen molar-refractivity contribution >= 4 is 21.6 Å². The second kappa shape index (κ2) is 6.54. The lowest BCUT2D eigenvalue weighted by molar-refractivity contribution is 0.0464. The van der Waals surface area contributed by atoms with E-state index in [1.54, 1.807) is 10.6 Å². The highest BCUT2D eigenvalue weighted by Crippen LogP contribution is 2.23. The summed E-state index contributed by atoms with van der Waals surface area (Å²) < 4.78 is 35.0. The van der Waals surface area contributed by atoms with Gasteiger partial charge >= 0.3 is 5.97 Å². The van der Waals surface area contributed by atoms with Crippen LogP contribution in [0.1, 0.15) is 16.1 Å². The topological polar surface area (TPSA) is 113 Å². The molecule has 0 fully saturated rings. The lowest BCUT2D eigenvalue weighted by Crippen LogP contribution is -2.14. The van der Waals surface area contributed by atoms with Crippen molar-refractivity contribution in [2.45, 2.75) is 11.5 Å². The van der Waals surface area contributed by atoms with Gasteiger partial charge < -0.3 is 13.9 Å². The largest absolute Gasteiger partial charge is 0.496 e. The fraction of sp³-hybridized carbons (Fsp3) is 0.125. The molecule has 0 saturated heterocycles. The van der Waals surface area contributed by atoms with E-state index in [1.165, 1.54) is 19.2 Å². The third-order valence-electron chi connectivity index (χ3n) is 3.48. The van der Waals surface area contributed by atoms with E-state index in [4.69, 9.17) is 14.6 Å². The maximum atomic E-state index is 12.3. The molecule has 3 aromatic rings. The third kappa shape index (κ3) is 3.62. The van der Waals surface area contributed by atoms with E-state index in [-0.39, 0.29) is 22.8 Å². The highest BCUT2D eigenvalue weighted by molar-refractivity contribution is 7.89. The molecule has 1 aromatic carbocycles. The minimum absolute atomic E-state index is 0.0298. The third-order valence-corrected chi connectivity index (χ3v) is 4.40. The number of aromatic nitrogens is 2. The normalized spacial score (nSPS) is 11.4. The van der Waals surface area contributed by atoms with Crippen LogP contribution >= 0.6 is 0 Å². The predicted octanol–water partition coefficient (Wildman–Crippen LogP) is 1.35. The Morgan fingerprint density at radius 3 is 2.76 bits per heavy atom. The molecule has 0 atom stereocenters. The summed E-state index contributed by atoms with van der Waals surface area (Å²) in [5.41, 5.74) is 1.25. The van der Waals surface area contributed by atoms with Gasteiger partial charge in [-0.05, 0) is 30.3 Å². The first-order valence-corrected chi connectivity index (χ1v) is 8.73. The molecule has 0 bridgehead atoms. The van der Waals surface area contributed by atoms with Crippen molar-refractivity contribution in [3.63, 3.8) is 0 Å². The Labute approximate surface area is 143 Å². The quantitative estimate of drug-likeness (QED) is 0.686. The number of hydrogen-bond acceptors (Lipinski definition) is 6. The van der Waals surface area contributed by atoms with E-state index >= 15 is 0 Å². The molecule has 0 aliphatic heterocycles. The van der Waals surface area contributed by atoms with Crippen molar-refractivity contribution in [1.82, 2.24) is 9.38 Å². The summed E-state index contributed by atoms with van der Waals surface area (Å²) in [6, 6.07) is 9.26. The van der Waals surface area contributed by atoms with Gasteiger partial charge in [-0.15, -0.1) is 0 Å². The number of fused-ring (bicyclic) bond motifs is 1. The fourth-order valence-corrected chi connectivity index (χ4v) is 2.84. The second-order valence-electron chi connectivity index (χ2n) is 5.18. The molecule has 0 radical (unpaired) electrons. The zero-order chi connectivity index (χ0) is 18.0. The Kier molecular flexibility index (Phi) is 4.43. The predicted molar refractivity (Wildman–Crippen MR) is 88.7 cm³/mol. The highest BCUT2D eigenvalue weighted by Gasteiger charge is 2.19. The average molecular weight is 361 g/mol. The molecule has 0 spiro atoms. The van der Waals surface area contributed by atoms with Gasteiger partial charge in [0, 0.05) is 12.4 Å². The summed E-state index contributed by atoms with van der Waals surface area (Å²) in [7, 11) is -2.58. The van der Waals surface area contributed by atoms with Crippen molar-refractivity contribution in [1.29, 1.82) is 0 Å². The highest BCUT2D eigenvalue weighted by atomic mass is 32.2. The van der Waals surface area contributed by atoms with E-state index in [9.17, 15) is 13.2 Å². The van der Waals surface area contributed by atoms with Gasteiger partial charge in [0.05, 0.1) is 17.7 Å². The van der Waals surface area contributed by atoms with Crippen molar-refractivity contribution in [2.75, 3.05) is 7.11 Å². The van der Waals surface area contributed by atoms with Gasteiger partial charge in [-0.1, -0.05) is 6.07 Å². The van der Waals surface area contributed by atoms with Gasteiger partial charge in [-0.2, -0.15) is 0 Å². The maximum absolute atomic E-state index is 12.3. The maximum Gasteiger partial charge on any atom is 0.342 e. The molecule has 25 heavy (non-hydrogen) atoms. The lowest BCUT2D eigenvalue weighted by Gasteiger charge is -2.09. The number of carbonyl (C=O) groups excluding carboxylic acids is 1. The Hall–Kier alpha value is -2.91. The van der Waals surface area contributed by atoms with Crippen LogP contribution in [0.4, 0.5) is 0 Å².